The molecule has 0 aliphatic carbocycles. The lowest BCUT2D eigenvalue weighted by atomic mass is 10.1. The normalized spacial score (nSPS) is 10.3. The maximum atomic E-state index is 10.7. The van der Waals surface area contributed by atoms with Crippen LogP contribution >= 0.6 is 0 Å². The Morgan fingerprint density at radius 1 is 1.00 bits per heavy atom. The molecule has 0 bridgehead atoms. The van der Waals surface area contributed by atoms with E-state index in [1.807, 2.05) is 43.4 Å². The van der Waals surface area contributed by atoms with Crippen molar-refractivity contribution in [3.8, 4) is 11.3 Å². The van der Waals surface area contributed by atoms with Crippen LogP contribution in [0.3, 0.4) is 0 Å². The topological polar surface area (TPSA) is 72.2 Å². The van der Waals surface area contributed by atoms with Crippen molar-refractivity contribution in [3.63, 3.8) is 0 Å². The molecule has 1 aromatic heterocycles. The lowest BCUT2D eigenvalue weighted by Gasteiger charge is -2.17. The molecule has 0 amide bonds. The van der Waals surface area contributed by atoms with E-state index < -0.39 is 4.92 Å². The number of benzene rings is 2. The lowest BCUT2D eigenvalue weighted by Crippen LogP contribution is -2.13. The molecule has 0 radical (unpaired) electrons. The number of non-ortho nitro benzene ring substituents is 1. The molecule has 0 aliphatic heterocycles. The molecule has 0 N–H and O–H groups in total. The SMILES string of the molecule is CN(c1ccc([N+](=O)[O-])cc1)c1nccc(-c2ccccc2)n1. The van der Waals surface area contributed by atoms with Crippen LogP contribution in [0.5, 0.6) is 0 Å². The highest BCUT2D eigenvalue weighted by Crippen LogP contribution is 2.24. The molecule has 6 nitrogen and oxygen atoms in total. The number of rotatable bonds is 4. The summed E-state index contributed by atoms with van der Waals surface area (Å²) in [5.74, 6) is 0.528. The van der Waals surface area contributed by atoms with Crippen LogP contribution in [-0.4, -0.2) is 21.9 Å². The van der Waals surface area contributed by atoms with E-state index in [1.54, 1.807) is 23.2 Å². The van der Waals surface area contributed by atoms with Gasteiger partial charge >= 0.3 is 0 Å². The summed E-state index contributed by atoms with van der Waals surface area (Å²) in [7, 11) is 1.82. The highest BCUT2D eigenvalue weighted by atomic mass is 16.6. The van der Waals surface area contributed by atoms with Crippen LogP contribution in [0.1, 0.15) is 0 Å². The number of nitrogens with zero attached hydrogens (tertiary/aromatic N) is 4. The average molecular weight is 306 g/mol. The molecule has 0 saturated heterocycles. The Labute approximate surface area is 133 Å². The van der Waals surface area contributed by atoms with Crippen molar-refractivity contribution in [1.82, 2.24) is 9.97 Å². The molecule has 0 aliphatic rings. The van der Waals surface area contributed by atoms with Crippen LogP contribution in [-0.2, 0) is 0 Å². The van der Waals surface area contributed by atoms with Gasteiger partial charge < -0.3 is 4.90 Å². The van der Waals surface area contributed by atoms with E-state index in [-0.39, 0.29) is 5.69 Å². The summed E-state index contributed by atoms with van der Waals surface area (Å²) < 4.78 is 0. The van der Waals surface area contributed by atoms with Gasteiger partial charge in [-0.1, -0.05) is 30.3 Å². The molecule has 2 aromatic carbocycles. The maximum absolute atomic E-state index is 10.7. The number of nitro groups is 1. The van der Waals surface area contributed by atoms with Crippen LogP contribution in [0.2, 0.25) is 0 Å². The largest absolute Gasteiger partial charge is 0.314 e. The minimum absolute atomic E-state index is 0.0566. The summed E-state index contributed by atoms with van der Waals surface area (Å²) in [6.45, 7) is 0. The smallest absolute Gasteiger partial charge is 0.269 e. The zero-order chi connectivity index (χ0) is 16.2. The van der Waals surface area contributed by atoms with Gasteiger partial charge in [-0.05, 0) is 18.2 Å². The second kappa shape index (κ2) is 6.23. The highest BCUT2D eigenvalue weighted by molar-refractivity contribution is 5.63. The van der Waals surface area contributed by atoms with Crippen molar-refractivity contribution in [2.75, 3.05) is 11.9 Å². The van der Waals surface area contributed by atoms with Gasteiger partial charge in [-0.3, -0.25) is 10.1 Å². The van der Waals surface area contributed by atoms with E-state index in [4.69, 9.17) is 0 Å². The number of anilines is 2. The Hall–Kier alpha value is -3.28. The van der Waals surface area contributed by atoms with Crippen LogP contribution in [0, 0.1) is 10.1 Å². The van der Waals surface area contributed by atoms with E-state index >= 15 is 0 Å². The first kappa shape index (κ1) is 14.6. The molecule has 0 saturated carbocycles. The van der Waals surface area contributed by atoms with Crippen LogP contribution in [0.25, 0.3) is 11.3 Å². The third-order valence-corrected chi connectivity index (χ3v) is 3.46. The van der Waals surface area contributed by atoms with E-state index in [0.29, 0.717) is 5.95 Å². The van der Waals surface area contributed by atoms with Crippen molar-refractivity contribution in [2.45, 2.75) is 0 Å². The Morgan fingerprint density at radius 2 is 1.70 bits per heavy atom. The molecule has 1 heterocycles. The fourth-order valence-electron chi connectivity index (χ4n) is 2.19. The quantitative estimate of drug-likeness (QED) is 0.541. The van der Waals surface area contributed by atoms with Gasteiger partial charge in [0.2, 0.25) is 5.95 Å². The Morgan fingerprint density at radius 3 is 2.35 bits per heavy atom. The molecular formula is C17H14N4O2. The first-order chi connectivity index (χ1) is 11.1. The van der Waals surface area contributed by atoms with Crippen LogP contribution in [0.4, 0.5) is 17.3 Å². The standard InChI is InChI=1S/C17H14N4O2/c1-20(14-7-9-15(10-8-14)21(22)23)17-18-12-11-16(19-17)13-5-3-2-4-6-13/h2-12H,1H3. The monoisotopic (exact) mass is 306 g/mol. The van der Waals surface area contributed by atoms with Gasteiger partial charge in [0.1, 0.15) is 0 Å². The molecule has 23 heavy (non-hydrogen) atoms. The molecule has 3 rings (SSSR count). The number of hydrogen-bond donors (Lipinski definition) is 0. The fraction of sp³-hybridized carbons (Fsp3) is 0.0588. The molecule has 114 valence electrons. The van der Waals surface area contributed by atoms with Crippen molar-refractivity contribution >= 4 is 17.3 Å². The average Bonchev–Trinajstić information content (AvgIpc) is 2.62. The predicted molar refractivity (Wildman–Crippen MR) is 88.6 cm³/mol. The molecule has 0 spiro atoms. The third-order valence-electron chi connectivity index (χ3n) is 3.46. The fourth-order valence-corrected chi connectivity index (χ4v) is 2.19. The zero-order valence-corrected chi connectivity index (χ0v) is 12.5. The van der Waals surface area contributed by atoms with E-state index in [2.05, 4.69) is 9.97 Å². The number of hydrogen-bond acceptors (Lipinski definition) is 5. The first-order valence-electron chi connectivity index (χ1n) is 7.02. The van der Waals surface area contributed by atoms with Crippen LogP contribution < -0.4 is 4.90 Å². The Kier molecular flexibility index (Phi) is 3.97. The summed E-state index contributed by atoms with van der Waals surface area (Å²) in [5, 5.41) is 10.7. The number of nitro benzene ring substituents is 1. The molecule has 0 unspecified atom stereocenters. The summed E-state index contributed by atoms with van der Waals surface area (Å²) in [4.78, 5) is 20.9. The molecule has 0 fully saturated rings. The first-order valence-corrected chi connectivity index (χ1v) is 7.02. The van der Waals surface area contributed by atoms with Crippen molar-refractivity contribution in [3.05, 3.63) is 77.0 Å². The van der Waals surface area contributed by atoms with E-state index in [0.717, 1.165) is 16.9 Å². The summed E-state index contributed by atoms with van der Waals surface area (Å²) in [6, 6.07) is 18.0. The Bertz CT molecular complexity index is 820. The van der Waals surface area contributed by atoms with Crippen molar-refractivity contribution < 1.29 is 4.92 Å². The molecule has 0 atom stereocenters. The van der Waals surface area contributed by atoms with Gasteiger partial charge in [-0.25, -0.2) is 9.97 Å². The summed E-state index contributed by atoms with van der Waals surface area (Å²) >= 11 is 0. The van der Waals surface area contributed by atoms with E-state index in [9.17, 15) is 10.1 Å². The second-order valence-electron chi connectivity index (χ2n) is 4.94. The highest BCUT2D eigenvalue weighted by Gasteiger charge is 2.11. The van der Waals surface area contributed by atoms with Crippen molar-refractivity contribution in [1.29, 1.82) is 0 Å². The minimum Gasteiger partial charge on any atom is -0.314 e. The van der Waals surface area contributed by atoms with Gasteiger partial charge in [0.15, 0.2) is 0 Å². The molecule has 6 heteroatoms. The number of aromatic nitrogens is 2. The lowest BCUT2D eigenvalue weighted by molar-refractivity contribution is -0.384. The zero-order valence-electron chi connectivity index (χ0n) is 12.5. The van der Waals surface area contributed by atoms with Gasteiger partial charge in [0, 0.05) is 36.6 Å². The van der Waals surface area contributed by atoms with Gasteiger partial charge in [0.25, 0.3) is 5.69 Å². The second-order valence-corrected chi connectivity index (χ2v) is 4.94. The maximum Gasteiger partial charge on any atom is 0.269 e. The minimum atomic E-state index is -0.420. The third kappa shape index (κ3) is 3.16. The van der Waals surface area contributed by atoms with Gasteiger partial charge in [-0.2, -0.15) is 0 Å². The molecule has 3 aromatic rings. The Balaban J connectivity index is 1.90. The van der Waals surface area contributed by atoms with Crippen LogP contribution in [0.15, 0.2) is 66.9 Å². The predicted octanol–water partition coefficient (Wildman–Crippen LogP) is 3.82. The van der Waals surface area contributed by atoms with Gasteiger partial charge in [0.05, 0.1) is 10.6 Å². The molecular weight excluding hydrogens is 292 g/mol. The van der Waals surface area contributed by atoms with E-state index in [1.165, 1.54) is 12.1 Å². The van der Waals surface area contributed by atoms with Crippen molar-refractivity contribution in [2.24, 2.45) is 0 Å². The summed E-state index contributed by atoms with van der Waals surface area (Å²) in [6.07, 6.45) is 1.70. The summed E-state index contributed by atoms with van der Waals surface area (Å²) in [5.41, 5.74) is 2.67. The van der Waals surface area contributed by atoms with Gasteiger partial charge in [-0.15, -0.1) is 0 Å².